The summed E-state index contributed by atoms with van der Waals surface area (Å²) in [5, 5.41) is 0. The third-order valence-electron chi connectivity index (χ3n) is 2.48. The smallest absolute Gasteiger partial charge is 0.305 e. The summed E-state index contributed by atoms with van der Waals surface area (Å²) in [5.74, 6) is 0.540. The lowest BCUT2D eigenvalue weighted by Gasteiger charge is -2.06. The Balaban J connectivity index is 3.16. The third-order valence-corrected chi connectivity index (χ3v) is 2.48. The quantitative estimate of drug-likeness (QED) is 0.412. The van der Waals surface area contributed by atoms with E-state index in [1.165, 1.54) is 0 Å². The van der Waals surface area contributed by atoms with Crippen LogP contribution in [0.3, 0.4) is 0 Å². The molecule has 0 amide bonds. The second-order valence-corrected chi connectivity index (χ2v) is 4.83. The Kier molecular flexibility index (Phi) is 11.5. The first-order valence-corrected chi connectivity index (χ1v) is 6.90. The first-order chi connectivity index (χ1) is 8.16. The molecule has 3 nitrogen and oxygen atoms in total. The van der Waals surface area contributed by atoms with Crippen molar-refractivity contribution >= 4 is 5.97 Å². The lowest BCUT2D eigenvalue weighted by atomic mass is 10.1. The average molecular weight is 244 g/mol. The lowest BCUT2D eigenvalue weighted by molar-refractivity contribution is -0.144. The van der Waals surface area contributed by atoms with Gasteiger partial charge in [0.15, 0.2) is 0 Å². The van der Waals surface area contributed by atoms with E-state index >= 15 is 0 Å². The second kappa shape index (κ2) is 11.9. The number of esters is 1. The van der Waals surface area contributed by atoms with Crippen molar-refractivity contribution < 1.29 is 14.3 Å². The summed E-state index contributed by atoms with van der Waals surface area (Å²) < 4.78 is 10.5. The van der Waals surface area contributed by atoms with Gasteiger partial charge in [0.1, 0.15) is 0 Å². The highest BCUT2D eigenvalue weighted by atomic mass is 16.5. The molecular formula is C14H28O3. The second-order valence-electron chi connectivity index (χ2n) is 4.83. The molecule has 0 aromatic carbocycles. The number of carbonyl (C=O) groups excluding carboxylic acids is 1. The van der Waals surface area contributed by atoms with Crippen molar-refractivity contribution in [3.63, 3.8) is 0 Å². The van der Waals surface area contributed by atoms with E-state index in [-0.39, 0.29) is 5.97 Å². The zero-order valence-corrected chi connectivity index (χ0v) is 11.7. The van der Waals surface area contributed by atoms with Crippen molar-refractivity contribution in [3.8, 4) is 0 Å². The number of carbonyl (C=O) groups is 1. The minimum Gasteiger partial charge on any atom is -0.466 e. The van der Waals surface area contributed by atoms with Crippen molar-refractivity contribution in [2.24, 2.45) is 5.92 Å². The van der Waals surface area contributed by atoms with E-state index in [1.54, 1.807) is 0 Å². The van der Waals surface area contributed by atoms with E-state index in [0.29, 0.717) is 18.9 Å². The van der Waals surface area contributed by atoms with E-state index in [0.717, 1.165) is 45.3 Å². The van der Waals surface area contributed by atoms with E-state index < -0.39 is 0 Å². The molecule has 0 saturated heterocycles. The van der Waals surface area contributed by atoms with Crippen LogP contribution in [0.2, 0.25) is 0 Å². The largest absolute Gasteiger partial charge is 0.466 e. The SMILES string of the molecule is CCCOCCCCCC(=O)OCCC(C)C. The Hall–Kier alpha value is -0.570. The summed E-state index contributed by atoms with van der Waals surface area (Å²) in [6, 6.07) is 0. The van der Waals surface area contributed by atoms with Crippen LogP contribution in [0.5, 0.6) is 0 Å². The molecule has 0 aliphatic rings. The van der Waals surface area contributed by atoms with Gasteiger partial charge in [-0.2, -0.15) is 0 Å². The van der Waals surface area contributed by atoms with Crippen LogP contribution < -0.4 is 0 Å². The van der Waals surface area contributed by atoms with Crippen LogP contribution >= 0.6 is 0 Å². The lowest BCUT2D eigenvalue weighted by Crippen LogP contribution is -2.07. The molecule has 17 heavy (non-hydrogen) atoms. The van der Waals surface area contributed by atoms with Gasteiger partial charge >= 0.3 is 5.97 Å². The van der Waals surface area contributed by atoms with Crippen LogP contribution in [0.4, 0.5) is 0 Å². The fraction of sp³-hybridized carbons (Fsp3) is 0.929. The molecule has 0 fully saturated rings. The van der Waals surface area contributed by atoms with Gasteiger partial charge in [0.25, 0.3) is 0 Å². The molecule has 0 saturated carbocycles. The van der Waals surface area contributed by atoms with Crippen LogP contribution in [0.25, 0.3) is 0 Å². The van der Waals surface area contributed by atoms with Crippen molar-refractivity contribution in [1.29, 1.82) is 0 Å². The maximum atomic E-state index is 11.3. The normalized spacial score (nSPS) is 10.8. The Morgan fingerprint density at radius 3 is 2.47 bits per heavy atom. The van der Waals surface area contributed by atoms with Gasteiger partial charge in [-0.1, -0.05) is 27.2 Å². The molecule has 0 aromatic heterocycles. The average Bonchev–Trinajstić information content (AvgIpc) is 2.27. The molecule has 3 heteroatoms. The molecule has 0 atom stereocenters. The van der Waals surface area contributed by atoms with Gasteiger partial charge in [-0.3, -0.25) is 4.79 Å². The third kappa shape index (κ3) is 13.4. The number of hydrogen-bond acceptors (Lipinski definition) is 3. The molecule has 0 aliphatic carbocycles. The molecule has 0 aromatic rings. The van der Waals surface area contributed by atoms with Gasteiger partial charge < -0.3 is 9.47 Å². The Bertz CT molecular complexity index is 178. The molecule has 0 rings (SSSR count). The minimum absolute atomic E-state index is 0.0554. The fourth-order valence-electron chi connectivity index (χ4n) is 1.38. The Morgan fingerprint density at radius 1 is 1.06 bits per heavy atom. The maximum Gasteiger partial charge on any atom is 0.305 e. The van der Waals surface area contributed by atoms with Crippen molar-refractivity contribution in [2.75, 3.05) is 19.8 Å². The summed E-state index contributed by atoms with van der Waals surface area (Å²) in [7, 11) is 0. The fourth-order valence-corrected chi connectivity index (χ4v) is 1.38. The highest BCUT2D eigenvalue weighted by molar-refractivity contribution is 5.69. The van der Waals surface area contributed by atoms with Crippen molar-refractivity contribution in [2.45, 2.75) is 59.3 Å². The van der Waals surface area contributed by atoms with Crippen molar-refractivity contribution in [1.82, 2.24) is 0 Å². The van der Waals surface area contributed by atoms with Gasteiger partial charge in [0.05, 0.1) is 6.61 Å². The van der Waals surface area contributed by atoms with E-state index in [4.69, 9.17) is 9.47 Å². The molecule has 0 aliphatic heterocycles. The van der Waals surface area contributed by atoms with E-state index in [9.17, 15) is 4.79 Å². The van der Waals surface area contributed by atoms with Gasteiger partial charge in [-0.05, 0) is 31.6 Å². The number of ether oxygens (including phenoxy) is 2. The highest BCUT2D eigenvalue weighted by Crippen LogP contribution is 2.04. The zero-order chi connectivity index (χ0) is 12.9. The molecule has 0 unspecified atom stereocenters. The molecule has 0 spiro atoms. The topological polar surface area (TPSA) is 35.5 Å². The van der Waals surface area contributed by atoms with Gasteiger partial charge in [0.2, 0.25) is 0 Å². The standard InChI is InChI=1S/C14H28O3/c1-4-10-16-11-7-5-6-8-14(15)17-12-9-13(2)3/h13H,4-12H2,1-3H3. The molecule has 0 heterocycles. The molecule has 0 radical (unpaired) electrons. The summed E-state index contributed by atoms with van der Waals surface area (Å²) in [5.41, 5.74) is 0. The van der Waals surface area contributed by atoms with E-state index in [2.05, 4.69) is 20.8 Å². The maximum absolute atomic E-state index is 11.3. The van der Waals surface area contributed by atoms with Crippen LogP contribution in [0.15, 0.2) is 0 Å². The predicted molar refractivity (Wildman–Crippen MR) is 70.0 cm³/mol. The van der Waals surface area contributed by atoms with Crippen LogP contribution in [-0.4, -0.2) is 25.8 Å². The first-order valence-electron chi connectivity index (χ1n) is 6.90. The number of unbranched alkanes of at least 4 members (excludes halogenated alkanes) is 2. The molecule has 0 N–H and O–H groups in total. The van der Waals surface area contributed by atoms with Crippen molar-refractivity contribution in [3.05, 3.63) is 0 Å². The number of hydrogen-bond donors (Lipinski definition) is 0. The highest BCUT2D eigenvalue weighted by Gasteiger charge is 2.03. The van der Waals surface area contributed by atoms with Crippen LogP contribution in [-0.2, 0) is 14.3 Å². The van der Waals surface area contributed by atoms with Crippen LogP contribution in [0, 0.1) is 5.92 Å². The Morgan fingerprint density at radius 2 is 1.82 bits per heavy atom. The Labute approximate surface area is 106 Å². The van der Waals surface area contributed by atoms with Crippen LogP contribution in [0.1, 0.15) is 59.3 Å². The molecule has 0 bridgehead atoms. The van der Waals surface area contributed by atoms with Gasteiger partial charge in [-0.15, -0.1) is 0 Å². The van der Waals surface area contributed by atoms with Gasteiger partial charge in [0, 0.05) is 19.6 Å². The minimum atomic E-state index is -0.0554. The van der Waals surface area contributed by atoms with E-state index in [1.807, 2.05) is 0 Å². The van der Waals surface area contributed by atoms with Gasteiger partial charge in [-0.25, -0.2) is 0 Å². The summed E-state index contributed by atoms with van der Waals surface area (Å²) in [6.07, 6.45) is 5.57. The monoisotopic (exact) mass is 244 g/mol. The predicted octanol–water partition coefficient (Wildman–Crippen LogP) is 3.56. The number of rotatable bonds is 11. The first kappa shape index (κ1) is 16.4. The summed E-state index contributed by atoms with van der Waals surface area (Å²) in [6.45, 7) is 8.59. The summed E-state index contributed by atoms with van der Waals surface area (Å²) >= 11 is 0. The summed E-state index contributed by atoms with van der Waals surface area (Å²) in [4.78, 5) is 11.3. The molecular weight excluding hydrogens is 216 g/mol. The molecule has 102 valence electrons. The zero-order valence-electron chi connectivity index (χ0n) is 11.7.